The summed E-state index contributed by atoms with van der Waals surface area (Å²) < 4.78 is 5.64. The summed E-state index contributed by atoms with van der Waals surface area (Å²) in [5.74, 6) is -0.146. The van der Waals surface area contributed by atoms with Gasteiger partial charge in [0.2, 0.25) is 0 Å². The summed E-state index contributed by atoms with van der Waals surface area (Å²) in [6, 6.07) is 17.7. The van der Waals surface area contributed by atoms with Crippen molar-refractivity contribution >= 4 is 22.5 Å². The summed E-state index contributed by atoms with van der Waals surface area (Å²) in [7, 11) is 0. The van der Waals surface area contributed by atoms with Crippen LogP contribution in [0.3, 0.4) is 0 Å². The molecule has 23 heavy (non-hydrogen) atoms. The molecule has 0 saturated carbocycles. The van der Waals surface area contributed by atoms with E-state index in [0.29, 0.717) is 6.61 Å². The molecule has 0 aliphatic heterocycles. The third-order valence-electron chi connectivity index (χ3n) is 3.74. The molecule has 1 unspecified atom stereocenters. The van der Waals surface area contributed by atoms with Crippen LogP contribution in [-0.4, -0.2) is 17.0 Å². The highest BCUT2D eigenvalue weighted by atomic mass is 16.5. The largest absolute Gasteiger partial charge is 0.364 e. The summed E-state index contributed by atoms with van der Waals surface area (Å²) in [5.41, 5.74) is 3.99. The lowest BCUT2D eigenvalue weighted by molar-refractivity contribution is -0.127. The number of ether oxygens (including phenoxy) is 1. The van der Waals surface area contributed by atoms with Crippen LogP contribution in [0.15, 0.2) is 54.6 Å². The van der Waals surface area contributed by atoms with Gasteiger partial charge in [0.25, 0.3) is 5.91 Å². The van der Waals surface area contributed by atoms with Crippen molar-refractivity contribution in [3.8, 4) is 0 Å². The molecular weight excluding hydrogens is 288 g/mol. The average Bonchev–Trinajstić information content (AvgIpc) is 2.92. The zero-order valence-electron chi connectivity index (χ0n) is 13.3. The maximum absolute atomic E-state index is 12.2. The molecule has 3 rings (SSSR count). The van der Waals surface area contributed by atoms with Crippen LogP contribution in [0.4, 0.5) is 5.69 Å². The monoisotopic (exact) mass is 308 g/mol. The molecule has 4 nitrogen and oxygen atoms in total. The van der Waals surface area contributed by atoms with Crippen LogP contribution in [0, 0.1) is 6.92 Å². The number of amides is 1. The number of aryl methyl sites for hydroxylation is 1. The number of nitrogens with one attached hydrogen (secondary N) is 2. The first-order chi connectivity index (χ1) is 11.1. The fraction of sp³-hybridized carbons (Fsp3) is 0.211. The van der Waals surface area contributed by atoms with Gasteiger partial charge in [-0.25, -0.2) is 0 Å². The van der Waals surface area contributed by atoms with E-state index in [2.05, 4.69) is 16.4 Å². The number of hydrogen-bond acceptors (Lipinski definition) is 2. The molecule has 4 heteroatoms. The molecule has 3 aromatic rings. The maximum atomic E-state index is 12.2. The predicted octanol–water partition coefficient (Wildman–Crippen LogP) is 4.02. The number of benzene rings is 2. The Balaban J connectivity index is 1.60. The van der Waals surface area contributed by atoms with Crippen LogP contribution in [0.2, 0.25) is 0 Å². The fourth-order valence-electron chi connectivity index (χ4n) is 2.47. The molecule has 0 radical (unpaired) electrons. The number of fused-ring (bicyclic) bond motifs is 1. The Morgan fingerprint density at radius 1 is 1.17 bits per heavy atom. The third-order valence-corrected chi connectivity index (χ3v) is 3.74. The number of rotatable bonds is 5. The molecular formula is C19H20N2O2. The summed E-state index contributed by atoms with van der Waals surface area (Å²) in [4.78, 5) is 15.5. The summed E-state index contributed by atoms with van der Waals surface area (Å²) in [5, 5.41) is 3.98. The van der Waals surface area contributed by atoms with Crippen LogP contribution >= 0.6 is 0 Å². The number of carbonyl (C=O) groups excluding carboxylic acids is 1. The van der Waals surface area contributed by atoms with E-state index in [1.807, 2.05) is 55.5 Å². The molecule has 0 aliphatic carbocycles. The summed E-state index contributed by atoms with van der Waals surface area (Å²) >= 11 is 0. The lowest BCUT2D eigenvalue weighted by atomic mass is 10.2. The second-order valence-electron chi connectivity index (χ2n) is 5.68. The van der Waals surface area contributed by atoms with Gasteiger partial charge in [0, 0.05) is 22.3 Å². The number of H-pyrrole nitrogens is 1. The lowest BCUT2D eigenvalue weighted by Crippen LogP contribution is -2.27. The Labute approximate surface area is 135 Å². The molecule has 1 aromatic heterocycles. The molecule has 0 saturated heterocycles. The van der Waals surface area contributed by atoms with E-state index < -0.39 is 6.10 Å². The van der Waals surface area contributed by atoms with E-state index in [1.165, 1.54) is 0 Å². The van der Waals surface area contributed by atoms with Gasteiger partial charge < -0.3 is 15.0 Å². The number of hydrogen-bond donors (Lipinski definition) is 2. The Bertz CT molecular complexity index is 809. The zero-order chi connectivity index (χ0) is 16.2. The minimum absolute atomic E-state index is 0.146. The number of carbonyl (C=O) groups is 1. The molecule has 0 bridgehead atoms. The van der Waals surface area contributed by atoms with E-state index in [9.17, 15) is 4.79 Å². The standard InChI is InChI=1S/C19H20N2O2/c1-13-10-16-11-17(8-9-18(16)20-13)21-19(22)14(2)23-12-15-6-4-3-5-7-15/h3-11,14,20H,12H2,1-2H3,(H,21,22). The minimum Gasteiger partial charge on any atom is -0.364 e. The van der Waals surface area contributed by atoms with Gasteiger partial charge in [-0.2, -0.15) is 0 Å². The Hall–Kier alpha value is -2.59. The van der Waals surface area contributed by atoms with Crippen molar-refractivity contribution < 1.29 is 9.53 Å². The molecule has 118 valence electrons. The normalized spacial score (nSPS) is 12.3. The first-order valence-corrected chi connectivity index (χ1v) is 7.67. The van der Waals surface area contributed by atoms with Gasteiger partial charge in [0.15, 0.2) is 0 Å². The Kier molecular flexibility index (Phi) is 4.44. The van der Waals surface area contributed by atoms with Gasteiger partial charge in [-0.1, -0.05) is 30.3 Å². The second-order valence-corrected chi connectivity index (χ2v) is 5.68. The maximum Gasteiger partial charge on any atom is 0.253 e. The van der Waals surface area contributed by atoms with E-state index in [1.54, 1.807) is 6.92 Å². The first kappa shape index (κ1) is 15.3. The highest BCUT2D eigenvalue weighted by Gasteiger charge is 2.14. The predicted molar refractivity (Wildman–Crippen MR) is 92.4 cm³/mol. The summed E-state index contributed by atoms with van der Waals surface area (Å²) in [6.07, 6.45) is -0.515. The first-order valence-electron chi connectivity index (χ1n) is 7.67. The fourth-order valence-corrected chi connectivity index (χ4v) is 2.47. The van der Waals surface area contributed by atoms with Crippen LogP contribution in [0.5, 0.6) is 0 Å². The number of anilines is 1. The molecule has 1 amide bonds. The van der Waals surface area contributed by atoms with E-state index in [4.69, 9.17) is 4.74 Å². The van der Waals surface area contributed by atoms with Gasteiger partial charge >= 0.3 is 0 Å². The Morgan fingerprint density at radius 2 is 1.96 bits per heavy atom. The van der Waals surface area contributed by atoms with Crippen molar-refractivity contribution in [1.82, 2.24) is 4.98 Å². The van der Waals surface area contributed by atoms with Crippen LogP contribution < -0.4 is 5.32 Å². The van der Waals surface area contributed by atoms with Gasteiger partial charge in [-0.15, -0.1) is 0 Å². The van der Waals surface area contributed by atoms with Gasteiger partial charge in [0.05, 0.1) is 6.61 Å². The van der Waals surface area contributed by atoms with E-state index >= 15 is 0 Å². The van der Waals surface area contributed by atoms with E-state index in [-0.39, 0.29) is 5.91 Å². The Morgan fingerprint density at radius 3 is 2.74 bits per heavy atom. The molecule has 1 heterocycles. The van der Waals surface area contributed by atoms with Crippen molar-refractivity contribution in [2.24, 2.45) is 0 Å². The molecule has 2 aromatic carbocycles. The smallest absolute Gasteiger partial charge is 0.253 e. The zero-order valence-corrected chi connectivity index (χ0v) is 13.3. The van der Waals surface area contributed by atoms with Crippen molar-refractivity contribution in [3.63, 3.8) is 0 Å². The minimum atomic E-state index is -0.515. The van der Waals surface area contributed by atoms with Crippen LogP contribution in [0.25, 0.3) is 10.9 Å². The molecule has 0 aliphatic rings. The molecule has 1 atom stereocenters. The molecule has 0 spiro atoms. The van der Waals surface area contributed by atoms with Crippen molar-refractivity contribution in [2.75, 3.05) is 5.32 Å². The SMILES string of the molecule is Cc1cc2cc(NC(=O)C(C)OCc3ccccc3)ccc2[nH]1. The van der Waals surface area contributed by atoms with Crippen LogP contribution in [-0.2, 0) is 16.1 Å². The lowest BCUT2D eigenvalue weighted by Gasteiger charge is -2.13. The highest BCUT2D eigenvalue weighted by molar-refractivity contribution is 5.96. The second kappa shape index (κ2) is 6.67. The highest BCUT2D eigenvalue weighted by Crippen LogP contribution is 2.20. The van der Waals surface area contributed by atoms with Gasteiger partial charge in [-0.05, 0) is 43.7 Å². The topological polar surface area (TPSA) is 54.1 Å². The van der Waals surface area contributed by atoms with Crippen LogP contribution in [0.1, 0.15) is 18.2 Å². The average molecular weight is 308 g/mol. The van der Waals surface area contributed by atoms with Gasteiger partial charge in [-0.3, -0.25) is 4.79 Å². The van der Waals surface area contributed by atoms with Crippen molar-refractivity contribution in [1.29, 1.82) is 0 Å². The number of aromatic amines is 1. The van der Waals surface area contributed by atoms with E-state index in [0.717, 1.165) is 27.8 Å². The summed E-state index contributed by atoms with van der Waals surface area (Å²) in [6.45, 7) is 4.19. The quantitative estimate of drug-likeness (QED) is 0.748. The third kappa shape index (κ3) is 3.79. The number of aromatic nitrogens is 1. The molecule has 2 N–H and O–H groups in total. The van der Waals surface area contributed by atoms with Crippen molar-refractivity contribution in [3.05, 3.63) is 65.9 Å². The van der Waals surface area contributed by atoms with Gasteiger partial charge in [0.1, 0.15) is 6.10 Å². The van der Waals surface area contributed by atoms with Crippen molar-refractivity contribution in [2.45, 2.75) is 26.6 Å². The molecule has 0 fully saturated rings.